The van der Waals surface area contributed by atoms with E-state index < -0.39 is 11.1 Å². The van der Waals surface area contributed by atoms with Gasteiger partial charge in [0.05, 0.1) is 27.5 Å². The molecule has 2 aliphatic carbocycles. The molecule has 6 heterocycles. The SMILES string of the molecule is c1ccc(-c2cc[n+]3c(c2)-c2cccc4c2C32c3c(ccc5c6ncccc6n6c7ccccc7[n+]2c6c35)C42c3ccccc3-c3ccccc32)cc1. The topological polar surface area (TPSA) is 25.1 Å². The van der Waals surface area contributed by atoms with Crippen LogP contribution in [0, 0.1) is 0 Å². The Morgan fingerprint density at radius 3 is 2.08 bits per heavy atom. The number of fused-ring (bicyclic) bond motifs is 15. The van der Waals surface area contributed by atoms with Crippen LogP contribution in [-0.4, -0.2) is 9.38 Å². The first-order valence-corrected chi connectivity index (χ1v) is 18.5. The maximum atomic E-state index is 5.13. The van der Waals surface area contributed by atoms with Gasteiger partial charge in [-0.1, -0.05) is 115 Å². The first kappa shape index (κ1) is 26.8. The first-order valence-electron chi connectivity index (χ1n) is 18.5. The predicted octanol–water partition coefficient (Wildman–Crippen LogP) is 9.30. The lowest BCUT2D eigenvalue weighted by molar-refractivity contribution is -0.940. The quantitative estimate of drug-likeness (QED) is 0.126. The third-order valence-electron chi connectivity index (χ3n) is 13.0. The second-order valence-corrected chi connectivity index (χ2v) is 15.0. The van der Waals surface area contributed by atoms with E-state index in [1.165, 1.54) is 94.3 Å². The van der Waals surface area contributed by atoms with Gasteiger partial charge in [-0.25, -0.2) is 0 Å². The molecule has 4 aliphatic rings. The normalized spacial score (nSPS) is 17.3. The molecule has 4 nitrogen and oxygen atoms in total. The monoisotopic (exact) mass is 672 g/mol. The van der Waals surface area contributed by atoms with Crippen LogP contribution >= 0.6 is 0 Å². The van der Waals surface area contributed by atoms with E-state index in [0.29, 0.717) is 0 Å². The van der Waals surface area contributed by atoms with E-state index in [9.17, 15) is 0 Å². The largest absolute Gasteiger partial charge is 0.365 e. The molecule has 0 N–H and O–H groups in total. The van der Waals surface area contributed by atoms with Gasteiger partial charge in [-0.2, -0.15) is 4.40 Å². The van der Waals surface area contributed by atoms with Crippen molar-refractivity contribution in [2.45, 2.75) is 11.1 Å². The molecular weight excluding hydrogens is 645 g/mol. The Hall–Kier alpha value is -6.91. The van der Waals surface area contributed by atoms with Crippen molar-refractivity contribution in [1.29, 1.82) is 0 Å². The van der Waals surface area contributed by atoms with E-state index in [-0.39, 0.29) is 0 Å². The van der Waals surface area contributed by atoms with Crippen molar-refractivity contribution >= 4 is 38.5 Å². The molecule has 0 saturated heterocycles. The Balaban J connectivity index is 1.29. The molecule has 1 unspecified atom stereocenters. The summed E-state index contributed by atoms with van der Waals surface area (Å²) < 4.78 is 7.79. The van der Waals surface area contributed by atoms with Gasteiger partial charge in [-0.3, -0.25) is 4.98 Å². The second-order valence-electron chi connectivity index (χ2n) is 15.0. The van der Waals surface area contributed by atoms with Gasteiger partial charge in [-0.15, -0.1) is 9.13 Å². The van der Waals surface area contributed by atoms with E-state index in [4.69, 9.17) is 4.98 Å². The molecule has 6 aromatic carbocycles. The van der Waals surface area contributed by atoms with Gasteiger partial charge in [0.15, 0.2) is 22.7 Å². The Morgan fingerprint density at radius 1 is 0.528 bits per heavy atom. The number of para-hydroxylation sites is 2. The molecule has 10 aromatic rings. The maximum Gasteiger partial charge on any atom is 0.365 e. The smallest absolute Gasteiger partial charge is 0.252 e. The highest BCUT2D eigenvalue weighted by Crippen LogP contribution is 2.65. The maximum absolute atomic E-state index is 5.13. The van der Waals surface area contributed by atoms with Crippen molar-refractivity contribution in [2.24, 2.45) is 0 Å². The molecule has 14 rings (SSSR count). The fourth-order valence-corrected chi connectivity index (χ4v) is 11.4. The van der Waals surface area contributed by atoms with Crippen molar-refractivity contribution in [2.75, 3.05) is 0 Å². The highest BCUT2D eigenvalue weighted by atomic mass is 15.3. The van der Waals surface area contributed by atoms with Gasteiger partial charge >= 0.3 is 11.3 Å². The molecule has 1 atom stereocenters. The zero-order chi connectivity index (χ0) is 34.2. The number of rotatable bonds is 1. The van der Waals surface area contributed by atoms with Gasteiger partial charge in [0, 0.05) is 23.7 Å². The molecule has 2 spiro atoms. The number of aromatic nitrogens is 4. The fourth-order valence-electron chi connectivity index (χ4n) is 11.4. The average molecular weight is 673 g/mol. The summed E-state index contributed by atoms with van der Waals surface area (Å²) in [4.78, 5) is 5.13. The zero-order valence-corrected chi connectivity index (χ0v) is 28.5. The molecular formula is C49H28N4+2. The van der Waals surface area contributed by atoms with Crippen LogP contribution in [0.1, 0.15) is 33.4 Å². The Bertz CT molecular complexity index is 3310. The number of pyridine rings is 3. The summed E-state index contributed by atoms with van der Waals surface area (Å²) in [6.07, 6.45) is 4.32. The molecule has 4 heteroatoms. The zero-order valence-electron chi connectivity index (χ0n) is 28.5. The molecule has 0 amide bonds. The molecule has 0 saturated carbocycles. The molecule has 2 aliphatic heterocycles. The lowest BCUT2D eigenvalue weighted by Crippen LogP contribution is -2.73. The highest BCUT2D eigenvalue weighted by Gasteiger charge is 2.72. The second kappa shape index (κ2) is 8.75. The van der Waals surface area contributed by atoms with Crippen molar-refractivity contribution in [3.63, 3.8) is 0 Å². The summed E-state index contributed by atoms with van der Waals surface area (Å²) in [6, 6.07) is 59.1. The van der Waals surface area contributed by atoms with Gasteiger partial charge < -0.3 is 0 Å². The summed E-state index contributed by atoms with van der Waals surface area (Å²) >= 11 is 0. The minimum Gasteiger partial charge on any atom is -0.252 e. The van der Waals surface area contributed by atoms with E-state index >= 15 is 0 Å². The Kier molecular flexibility index (Phi) is 4.43. The van der Waals surface area contributed by atoms with E-state index in [1.54, 1.807) is 0 Å². The summed E-state index contributed by atoms with van der Waals surface area (Å²) in [7, 11) is 0. The van der Waals surface area contributed by atoms with E-state index in [1.807, 2.05) is 6.20 Å². The summed E-state index contributed by atoms with van der Waals surface area (Å²) in [5.41, 5.74) is 20.4. The van der Waals surface area contributed by atoms with Crippen LogP contribution in [0.25, 0.3) is 72.0 Å². The molecule has 0 fully saturated rings. The molecule has 0 radical (unpaired) electrons. The average Bonchev–Trinajstić information content (AvgIpc) is 3.93. The first-order chi connectivity index (χ1) is 26.3. The third-order valence-corrected chi connectivity index (χ3v) is 13.0. The number of hydrogen-bond donors (Lipinski definition) is 0. The highest BCUT2D eigenvalue weighted by molar-refractivity contribution is 6.15. The van der Waals surface area contributed by atoms with Crippen LogP contribution in [0.3, 0.4) is 0 Å². The summed E-state index contributed by atoms with van der Waals surface area (Å²) in [6.45, 7) is 0. The van der Waals surface area contributed by atoms with Crippen molar-refractivity contribution < 1.29 is 9.13 Å². The minimum atomic E-state index is -0.670. The van der Waals surface area contributed by atoms with Crippen LogP contribution in [0.5, 0.6) is 0 Å². The fraction of sp³-hybridized carbons (Fsp3) is 0.0408. The Morgan fingerprint density at radius 2 is 1.23 bits per heavy atom. The van der Waals surface area contributed by atoms with Crippen molar-refractivity contribution in [3.8, 4) is 33.5 Å². The molecule has 242 valence electrons. The van der Waals surface area contributed by atoms with Crippen molar-refractivity contribution in [3.05, 3.63) is 203 Å². The van der Waals surface area contributed by atoms with Gasteiger partial charge in [-0.05, 0) is 74.8 Å². The standard InChI is InChI=1S/C49H28N4/c1-2-12-29(13-3-1)30-25-27-51-42(28-30)33-16-10-19-37-44(33)49(51)45-38(48(37)35-17-6-4-14-31(35)32-15-5-7-18-36(32)48)24-23-34-43(45)47-52(41-22-11-26-50-46(34)41)39-20-8-9-21-40(39)53(47)49/h1-28H/q+2. The lowest BCUT2D eigenvalue weighted by Gasteiger charge is -2.42. The predicted molar refractivity (Wildman–Crippen MR) is 208 cm³/mol. The molecule has 0 bridgehead atoms. The third kappa shape index (κ3) is 2.67. The summed E-state index contributed by atoms with van der Waals surface area (Å²) in [5.74, 6) is 0. The van der Waals surface area contributed by atoms with Crippen LogP contribution in [-0.2, 0) is 11.1 Å². The minimum absolute atomic E-state index is 0.508. The number of benzene rings is 6. The van der Waals surface area contributed by atoms with Crippen LogP contribution in [0.15, 0.2) is 170 Å². The van der Waals surface area contributed by atoms with Crippen LogP contribution < -0.4 is 9.13 Å². The van der Waals surface area contributed by atoms with Crippen molar-refractivity contribution in [1.82, 2.24) is 9.38 Å². The number of imidazole rings is 1. The number of hydrogen-bond acceptors (Lipinski definition) is 1. The van der Waals surface area contributed by atoms with Crippen LogP contribution in [0.4, 0.5) is 0 Å². The lowest BCUT2D eigenvalue weighted by atomic mass is 9.58. The van der Waals surface area contributed by atoms with Gasteiger partial charge in [0.2, 0.25) is 5.69 Å². The molecule has 4 aromatic heterocycles. The number of nitrogens with zero attached hydrogens (tertiary/aromatic N) is 4. The van der Waals surface area contributed by atoms with Crippen LogP contribution in [0.2, 0.25) is 0 Å². The van der Waals surface area contributed by atoms with Gasteiger partial charge in [0.25, 0.3) is 0 Å². The van der Waals surface area contributed by atoms with Gasteiger partial charge in [0.1, 0.15) is 5.52 Å². The van der Waals surface area contributed by atoms with E-state index in [2.05, 4.69) is 177 Å². The Labute approximate surface area is 304 Å². The summed E-state index contributed by atoms with van der Waals surface area (Å²) in [5, 5.41) is 2.49. The molecule has 53 heavy (non-hydrogen) atoms. The van der Waals surface area contributed by atoms with E-state index in [0.717, 1.165) is 11.0 Å².